The lowest BCUT2D eigenvalue weighted by atomic mass is 10.0. The molecule has 2 N–H and O–H groups in total. The van der Waals surface area contributed by atoms with Gasteiger partial charge >= 0.3 is 0 Å². The molecule has 0 bridgehead atoms. The Morgan fingerprint density at radius 2 is 2.11 bits per heavy atom. The smallest absolute Gasteiger partial charge is 0.238 e. The fourth-order valence-corrected chi connectivity index (χ4v) is 1.80. The van der Waals surface area contributed by atoms with E-state index in [1.807, 2.05) is 37.2 Å². The van der Waals surface area contributed by atoms with Gasteiger partial charge < -0.3 is 10.6 Å². The van der Waals surface area contributed by atoms with Crippen molar-refractivity contribution in [2.45, 2.75) is 19.8 Å². The van der Waals surface area contributed by atoms with Crippen LogP contribution in [0.5, 0.6) is 0 Å². The third-order valence-corrected chi connectivity index (χ3v) is 2.99. The minimum atomic E-state index is 0.0273. The number of rotatable bonds is 7. The van der Waals surface area contributed by atoms with Crippen LogP contribution >= 0.6 is 0 Å². The molecule has 0 aliphatic rings. The second kappa shape index (κ2) is 7.92. The van der Waals surface area contributed by atoms with Gasteiger partial charge in [-0.1, -0.05) is 26.0 Å². The molecule has 0 fully saturated rings. The quantitative estimate of drug-likeness (QED) is 0.789. The second-order valence-corrected chi connectivity index (χ2v) is 5.17. The summed E-state index contributed by atoms with van der Waals surface area (Å²) in [5, 5.41) is 6.01. The van der Waals surface area contributed by atoms with E-state index in [0.717, 1.165) is 18.8 Å². The Bertz CT molecular complexity index is 404. The van der Waals surface area contributed by atoms with Crippen LogP contribution in [0.2, 0.25) is 0 Å². The predicted molar refractivity (Wildman–Crippen MR) is 80.6 cm³/mol. The van der Waals surface area contributed by atoms with Crippen LogP contribution in [0.25, 0.3) is 0 Å². The molecule has 0 saturated heterocycles. The largest absolute Gasteiger partial charge is 0.325 e. The van der Waals surface area contributed by atoms with E-state index >= 15 is 0 Å². The molecule has 0 unspecified atom stereocenters. The molecule has 106 valence electrons. The molecule has 4 heteroatoms. The first-order valence-electron chi connectivity index (χ1n) is 6.76. The first-order valence-corrected chi connectivity index (χ1v) is 6.76. The molecular formula is C15H25N3O. The maximum absolute atomic E-state index is 11.9. The molecule has 0 radical (unpaired) electrons. The SMILES string of the molecule is CNCCN(C)CC(=O)Nc1cccc(C(C)C)c1. The fraction of sp³-hybridized carbons (Fsp3) is 0.533. The fourth-order valence-electron chi connectivity index (χ4n) is 1.80. The monoisotopic (exact) mass is 263 g/mol. The van der Waals surface area contributed by atoms with E-state index in [0.29, 0.717) is 12.5 Å². The van der Waals surface area contributed by atoms with Crippen LogP contribution < -0.4 is 10.6 Å². The molecule has 19 heavy (non-hydrogen) atoms. The Balaban J connectivity index is 2.50. The lowest BCUT2D eigenvalue weighted by Gasteiger charge is -2.16. The van der Waals surface area contributed by atoms with Crippen molar-refractivity contribution >= 4 is 11.6 Å². The summed E-state index contributed by atoms with van der Waals surface area (Å²) in [6.07, 6.45) is 0. The summed E-state index contributed by atoms with van der Waals surface area (Å²) in [5.41, 5.74) is 2.11. The highest BCUT2D eigenvalue weighted by atomic mass is 16.2. The van der Waals surface area contributed by atoms with Crippen LogP contribution in [0.15, 0.2) is 24.3 Å². The van der Waals surface area contributed by atoms with Gasteiger partial charge in [0.2, 0.25) is 5.91 Å². The molecule has 1 aromatic carbocycles. The van der Waals surface area contributed by atoms with Gasteiger partial charge in [-0.2, -0.15) is 0 Å². The third kappa shape index (κ3) is 5.85. The van der Waals surface area contributed by atoms with Crippen molar-refractivity contribution in [3.05, 3.63) is 29.8 Å². The molecule has 4 nitrogen and oxygen atoms in total. The van der Waals surface area contributed by atoms with Gasteiger partial charge in [0.25, 0.3) is 0 Å². The van der Waals surface area contributed by atoms with E-state index < -0.39 is 0 Å². The van der Waals surface area contributed by atoms with Gasteiger partial charge in [0.1, 0.15) is 0 Å². The Kier molecular flexibility index (Phi) is 6.53. The zero-order valence-electron chi connectivity index (χ0n) is 12.4. The van der Waals surface area contributed by atoms with Crippen molar-refractivity contribution in [3.8, 4) is 0 Å². The summed E-state index contributed by atoms with van der Waals surface area (Å²) >= 11 is 0. The molecule has 0 spiro atoms. The summed E-state index contributed by atoms with van der Waals surface area (Å²) < 4.78 is 0. The third-order valence-electron chi connectivity index (χ3n) is 2.99. The van der Waals surface area contributed by atoms with E-state index in [-0.39, 0.29) is 5.91 Å². The molecule has 0 saturated carbocycles. The van der Waals surface area contributed by atoms with Crippen LogP contribution in [-0.2, 0) is 4.79 Å². The van der Waals surface area contributed by atoms with Gasteiger partial charge in [0.15, 0.2) is 0 Å². The minimum Gasteiger partial charge on any atom is -0.325 e. The lowest BCUT2D eigenvalue weighted by Crippen LogP contribution is -2.34. The maximum Gasteiger partial charge on any atom is 0.238 e. The Labute approximate surface area is 116 Å². The van der Waals surface area contributed by atoms with E-state index in [1.54, 1.807) is 0 Å². The zero-order chi connectivity index (χ0) is 14.3. The summed E-state index contributed by atoms with van der Waals surface area (Å²) in [5.74, 6) is 0.495. The highest BCUT2D eigenvalue weighted by Crippen LogP contribution is 2.18. The zero-order valence-corrected chi connectivity index (χ0v) is 12.4. The number of hydrogen-bond donors (Lipinski definition) is 2. The van der Waals surface area contributed by atoms with Crippen molar-refractivity contribution in [1.29, 1.82) is 0 Å². The van der Waals surface area contributed by atoms with Crippen molar-refractivity contribution in [2.24, 2.45) is 0 Å². The summed E-state index contributed by atoms with van der Waals surface area (Å²) in [6, 6.07) is 8.03. The number of nitrogens with zero attached hydrogens (tertiary/aromatic N) is 1. The van der Waals surface area contributed by atoms with Gasteiger partial charge in [-0.25, -0.2) is 0 Å². The first-order chi connectivity index (χ1) is 9.02. The molecule has 1 rings (SSSR count). The molecule has 0 atom stereocenters. The van der Waals surface area contributed by atoms with Gasteiger partial charge in [0.05, 0.1) is 6.54 Å². The number of anilines is 1. The van der Waals surface area contributed by atoms with E-state index in [9.17, 15) is 4.79 Å². The van der Waals surface area contributed by atoms with Crippen LogP contribution in [0, 0.1) is 0 Å². The Hall–Kier alpha value is -1.39. The van der Waals surface area contributed by atoms with Gasteiger partial charge in [-0.3, -0.25) is 9.69 Å². The number of carbonyl (C=O) groups excluding carboxylic acids is 1. The second-order valence-electron chi connectivity index (χ2n) is 5.17. The van der Waals surface area contributed by atoms with Crippen LogP contribution in [0.1, 0.15) is 25.3 Å². The number of hydrogen-bond acceptors (Lipinski definition) is 3. The lowest BCUT2D eigenvalue weighted by molar-refractivity contribution is -0.117. The summed E-state index contributed by atoms with van der Waals surface area (Å²) in [6.45, 7) is 6.44. The maximum atomic E-state index is 11.9. The molecule has 0 aliphatic heterocycles. The molecule has 1 aromatic rings. The molecular weight excluding hydrogens is 238 g/mol. The Morgan fingerprint density at radius 3 is 2.74 bits per heavy atom. The minimum absolute atomic E-state index is 0.0273. The standard InChI is InChI=1S/C15H25N3O/c1-12(2)13-6-5-7-14(10-13)17-15(19)11-18(4)9-8-16-3/h5-7,10,12,16H,8-9,11H2,1-4H3,(H,17,19). The topological polar surface area (TPSA) is 44.4 Å². The van der Waals surface area contributed by atoms with Gasteiger partial charge in [-0.05, 0) is 37.7 Å². The number of likely N-dealkylation sites (N-methyl/N-ethyl adjacent to an activating group) is 2. The predicted octanol–water partition coefficient (Wildman–Crippen LogP) is 1.90. The number of benzene rings is 1. The molecule has 0 heterocycles. The first kappa shape index (κ1) is 15.7. The van der Waals surface area contributed by atoms with Gasteiger partial charge in [0, 0.05) is 18.8 Å². The average Bonchev–Trinajstić information content (AvgIpc) is 2.36. The van der Waals surface area contributed by atoms with Crippen LogP contribution in [0.4, 0.5) is 5.69 Å². The van der Waals surface area contributed by atoms with E-state index in [1.165, 1.54) is 5.56 Å². The van der Waals surface area contributed by atoms with E-state index in [4.69, 9.17) is 0 Å². The highest BCUT2D eigenvalue weighted by molar-refractivity contribution is 5.92. The van der Waals surface area contributed by atoms with Gasteiger partial charge in [-0.15, -0.1) is 0 Å². The molecule has 1 amide bonds. The normalized spacial score (nSPS) is 11.1. The molecule has 0 aliphatic carbocycles. The van der Waals surface area contributed by atoms with Crippen LogP contribution in [-0.4, -0.2) is 44.5 Å². The van der Waals surface area contributed by atoms with Crippen molar-refractivity contribution < 1.29 is 4.79 Å². The summed E-state index contributed by atoms with van der Waals surface area (Å²) in [4.78, 5) is 13.9. The average molecular weight is 263 g/mol. The molecule has 0 aromatic heterocycles. The number of amides is 1. The highest BCUT2D eigenvalue weighted by Gasteiger charge is 2.07. The van der Waals surface area contributed by atoms with Crippen molar-refractivity contribution in [1.82, 2.24) is 10.2 Å². The van der Waals surface area contributed by atoms with Crippen molar-refractivity contribution in [3.63, 3.8) is 0 Å². The number of carbonyl (C=O) groups is 1. The van der Waals surface area contributed by atoms with E-state index in [2.05, 4.69) is 30.5 Å². The van der Waals surface area contributed by atoms with Crippen LogP contribution in [0.3, 0.4) is 0 Å². The van der Waals surface area contributed by atoms with Crippen molar-refractivity contribution in [2.75, 3.05) is 39.0 Å². The Morgan fingerprint density at radius 1 is 1.37 bits per heavy atom. The number of nitrogens with one attached hydrogen (secondary N) is 2. The summed E-state index contributed by atoms with van der Waals surface area (Å²) in [7, 11) is 3.85.